The number of pyridine rings is 1. The smallest absolute Gasteiger partial charge is 0.284 e. The first-order valence-corrected chi connectivity index (χ1v) is 8.40. The van der Waals surface area contributed by atoms with Gasteiger partial charge in [0.05, 0.1) is 18.6 Å². The second-order valence-electron chi connectivity index (χ2n) is 5.67. The van der Waals surface area contributed by atoms with E-state index >= 15 is 0 Å². The van der Waals surface area contributed by atoms with Crippen LogP contribution in [0.1, 0.15) is 28.8 Å². The Balaban J connectivity index is 1.71. The number of carbonyl (C=O) groups is 1. The SMILES string of the molecule is CCNC(=NCc1ccnc2ccccc12)NCc1ccc(C(N)=O)o1. The topological polar surface area (TPSA) is 106 Å². The number of benzene rings is 1. The average molecular weight is 351 g/mol. The lowest BCUT2D eigenvalue weighted by Crippen LogP contribution is -2.36. The van der Waals surface area contributed by atoms with Crippen LogP contribution in [0.25, 0.3) is 10.9 Å². The number of nitrogens with two attached hydrogens (primary N) is 1. The van der Waals surface area contributed by atoms with Gasteiger partial charge in [0.1, 0.15) is 5.76 Å². The molecule has 0 aliphatic heterocycles. The van der Waals surface area contributed by atoms with E-state index in [1.54, 1.807) is 18.3 Å². The summed E-state index contributed by atoms with van der Waals surface area (Å²) in [7, 11) is 0. The molecule has 0 spiro atoms. The second-order valence-corrected chi connectivity index (χ2v) is 5.67. The number of nitrogens with zero attached hydrogens (tertiary/aromatic N) is 2. The predicted octanol–water partition coefficient (Wildman–Crippen LogP) is 2.18. The third kappa shape index (κ3) is 4.18. The molecule has 0 radical (unpaired) electrons. The number of nitrogens with one attached hydrogen (secondary N) is 2. The van der Waals surface area contributed by atoms with Crippen molar-refractivity contribution in [3.63, 3.8) is 0 Å². The van der Waals surface area contributed by atoms with Gasteiger partial charge in [-0.1, -0.05) is 18.2 Å². The molecule has 0 unspecified atom stereocenters. The molecule has 3 aromatic rings. The molecule has 1 amide bonds. The fourth-order valence-corrected chi connectivity index (χ4v) is 2.58. The first-order valence-electron chi connectivity index (χ1n) is 8.40. The molecule has 0 fully saturated rings. The standard InChI is InChI=1S/C19H21N5O2/c1-2-21-19(24-12-14-7-8-17(26-14)18(20)25)23-11-13-9-10-22-16-6-4-3-5-15(13)16/h3-10H,2,11-12H2,1H3,(H2,20,25)(H2,21,23,24). The highest BCUT2D eigenvalue weighted by Gasteiger charge is 2.08. The largest absolute Gasteiger partial charge is 0.454 e. The zero-order chi connectivity index (χ0) is 18.4. The fourth-order valence-electron chi connectivity index (χ4n) is 2.58. The van der Waals surface area contributed by atoms with E-state index in [0.717, 1.165) is 23.0 Å². The number of guanidine groups is 1. The summed E-state index contributed by atoms with van der Waals surface area (Å²) in [5, 5.41) is 7.47. The third-order valence-electron chi connectivity index (χ3n) is 3.83. The molecule has 2 aromatic heterocycles. The summed E-state index contributed by atoms with van der Waals surface area (Å²) >= 11 is 0. The van der Waals surface area contributed by atoms with Crippen molar-refractivity contribution in [3.05, 3.63) is 65.7 Å². The monoisotopic (exact) mass is 351 g/mol. The molecule has 0 saturated carbocycles. The number of aliphatic imine (C=N–C) groups is 1. The number of primary amides is 1. The van der Waals surface area contributed by atoms with Gasteiger partial charge in [0, 0.05) is 18.1 Å². The molecule has 7 heteroatoms. The zero-order valence-electron chi connectivity index (χ0n) is 14.5. The van der Waals surface area contributed by atoms with Crippen molar-refractivity contribution >= 4 is 22.8 Å². The molecule has 134 valence electrons. The normalized spacial score (nSPS) is 11.5. The molecule has 0 aliphatic rings. The Labute approximate surface area is 151 Å². The van der Waals surface area contributed by atoms with Gasteiger partial charge in [-0.3, -0.25) is 9.78 Å². The van der Waals surface area contributed by atoms with E-state index < -0.39 is 5.91 Å². The summed E-state index contributed by atoms with van der Waals surface area (Å²) in [5.41, 5.74) is 7.24. The van der Waals surface area contributed by atoms with Crippen LogP contribution in [0.2, 0.25) is 0 Å². The molecule has 4 N–H and O–H groups in total. The molecule has 1 aromatic carbocycles. The number of fused-ring (bicyclic) bond motifs is 1. The Morgan fingerprint density at radius 2 is 2.04 bits per heavy atom. The molecule has 0 saturated heterocycles. The van der Waals surface area contributed by atoms with Gasteiger partial charge in [-0.25, -0.2) is 4.99 Å². The maximum absolute atomic E-state index is 11.1. The Morgan fingerprint density at radius 1 is 1.19 bits per heavy atom. The van der Waals surface area contributed by atoms with Gasteiger partial charge in [0.15, 0.2) is 11.7 Å². The van der Waals surface area contributed by atoms with Crippen molar-refractivity contribution < 1.29 is 9.21 Å². The molecule has 0 aliphatic carbocycles. The summed E-state index contributed by atoms with van der Waals surface area (Å²) in [4.78, 5) is 20.1. The van der Waals surface area contributed by atoms with Gasteiger partial charge in [-0.15, -0.1) is 0 Å². The number of furan rings is 1. The van der Waals surface area contributed by atoms with Crippen molar-refractivity contribution in [2.24, 2.45) is 10.7 Å². The average Bonchev–Trinajstić information content (AvgIpc) is 3.13. The van der Waals surface area contributed by atoms with E-state index in [0.29, 0.717) is 24.8 Å². The van der Waals surface area contributed by atoms with Crippen LogP contribution in [0.3, 0.4) is 0 Å². The van der Waals surface area contributed by atoms with E-state index in [-0.39, 0.29) is 5.76 Å². The van der Waals surface area contributed by atoms with Gasteiger partial charge in [0.25, 0.3) is 5.91 Å². The van der Waals surface area contributed by atoms with E-state index in [4.69, 9.17) is 10.2 Å². The van der Waals surface area contributed by atoms with Crippen molar-refractivity contribution in [1.29, 1.82) is 0 Å². The summed E-state index contributed by atoms with van der Waals surface area (Å²) in [6, 6.07) is 13.2. The van der Waals surface area contributed by atoms with Crippen LogP contribution < -0.4 is 16.4 Å². The van der Waals surface area contributed by atoms with Crippen LogP contribution in [0.5, 0.6) is 0 Å². The van der Waals surface area contributed by atoms with Crippen LogP contribution in [-0.4, -0.2) is 23.4 Å². The molecule has 0 bridgehead atoms. The minimum Gasteiger partial charge on any atom is -0.454 e. The maximum Gasteiger partial charge on any atom is 0.284 e. The molecule has 0 atom stereocenters. The van der Waals surface area contributed by atoms with Crippen molar-refractivity contribution in [2.75, 3.05) is 6.54 Å². The number of amides is 1. The van der Waals surface area contributed by atoms with Gasteiger partial charge in [0.2, 0.25) is 0 Å². The Morgan fingerprint density at radius 3 is 2.81 bits per heavy atom. The number of aromatic nitrogens is 1. The number of para-hydroxylation sites is 1. The van der Waals surface area contributed by atoms with E-state index in [1.807, 2.05) is 37.3 Å². The summed E-state index contributed by atoms with van der Waals surface area (Å²) in [6.45, 7) is 3.64. The maximum atomic E-state index is 11.1. The molecular formula is C19H21N5O2. The molecular weight excluding hydrogens is 330 g/mol. The van der Waals surface area contributed by atoms with E-state index in [2.05, 4.69) is 20.6 Å². The molecule has 26 heavy (non-hydrogen) atoms. The minimum atomic E-state index is -0.582. The number of rotatable bonds is 6. The first kappa shape index (κ1) is 17.5. The minimum absolute atomic E-state index is 0.145. The quantitative estimate of drug-likeness (QED) is 0.466. The highest BCUT2D eigenvalue weighted by atomic mass is 16.3. The number of hydrogen-bond acceptors (Lipinski definition) is 4. The Bertz CT molecular complexity index is 927. The van der Waals surface area contributed by atoms with E-state index in [1.165, 1.54) is 0 Å². The molecule has 7 nitrogen and oxygen atoms in total. The lowest BCUT2D eigenvalue weighted by Gasteiger charge is -2.10. The predicted molar refractivity (Wildman–Crippen MR) is 101 cm³/mol. The van der Waals surface area contributed by atoms with Crippen molar-refractivity contribution in [1.82, 2.24) is 15.6 Å². The summed E-state index contributed by atoms with van der Waals surface area (Å²) < 4.78 is 5.37. The lowest BCUT2D eigenvalue weighted by molar-refractivity contribution is 0.0972. The number of hydrogen-bond donors (Lipinski definition) is 3. The van der Waals surface area contributed by atoms with Gasteiger partial charge < -0.3 is 20.8 Å². The van der Waals surface area contributed by atoms with Crippen molar-refractivity contribution in [3.8, 4) is 0 Å². The Hall–Kier alpha value is -3.35. The summed E-state index contributed by atoms with van der Waals surface area (Å²) in [6.07, 6.45) is 1.79. The molecule has 3 rings (SSSR count). The van der Waals surface area contributed by atoms with E-state index in [9.17, 15) is 4.79 Å². The van der Waals surface area contributed by atoms with Crippen LogP contribution in [0, 0.1) is 0 Å². The first-order chi connectivity index (χ1) is 12.7. The Kier molecular flexibility index (Phi) is 5.48. The number of carbonyl (C=O) groups excluding carboxylic acids is 1. The van der Waals surface area contributed by atoms with Gasteiger partial charge in [-0.2, -0.15) is 0 Å². The second kappa shape index (κ2) is 8.15. The highest BCUT2D eigenvalue weighted by molar-refractivity contribution is 5.89. The highest BCUT2D eigenvalue weighted by Crippen LogP contribution is 2.16. The van der Waals surface area contributed by atoms with Crippen molar-refractivity contribution in [2.45, 2.75) is 20.0 Å². The fraction of sp³-hybridized carbons (Fsp3) is 0.211. The van der Waals surface area contributed by atoms with Crippen LogP contribution >= 0.6 is 0 Å². The van der Waals surface area contributed by atoms with Gasteiger partial charge in [-0.05, 0) is 36.8 Å². The molecule has 2 heterocycles. The van der Waals surface area contributed by atoms with Crippen LogP contribution in [-0.2, 0) is 13.1 Å². The lowest BCUT2D eigenvalue weighted by atomic mass is 10.1. The third-order valence-corrected chi connectivity index (χ3v) is 3.83. The van der Waals surface area contributed by atoms with Crippen LogP contribution in [0.4, 0.5) is 0 Å². The van der Waals surface area contributed by atoms with Crippen LogP contribution in [0.15, 0.2) is 58.1 Å². The zero-order valence-corrected chi connectivity index (χ0v) is 14.5. The van der Waals surface area contributed by atoms with Gasteiger partial charge >= 0.3 is 0 Å². The summed E-state index contributed by atoms with van der Waals surface area (Å²) in [5.74, 6) is 0.831.